The van der Waals surface area contributed by atoms with Crippen LogP contribution in [0.15, 0.2) is 18.2 Å². The SMILES string of the molecule is CCOc1ccc(CN[C@@H](CC(C)C)C(=O)O)cc1OCC. The number of carboxylic acids is 1. The van der Waals surface area contributed by atoms with Crippen molar-refractivity contribution in [3.63, 3.8) is 0 Å². The van der Waals surface area contributed by atoms with Crippen LogP contribution in [-0.2, 0) is 11.3 Å². The quantitative estimate of drug-likeness (QED) is 0.695. The molecule has 2 N–H and O–H groups in total. The first-order chi connectivity index (χ1) is 10.5. The summed E-state index contributed by atoms with van der Waals surface area (Å²) >= 11 is 0. The van der Waals surface area contributed by atoms with Crippen LogP contribution in [0.5, 0.6) is 11.5 Å². The Morgan fingerprint density at radius 2 is 1.82 bits per heavy atom. The maximum Gasteiger partial charge on any atom is 0.320 e. The molecule has 0 radical (unpaired) electrons. The van der Waals surface area contributed by atoms with E-state index in [9.17, 15) is 9.90 Å². The van der Waals surface area contributed by atoms with E-state index >= 15 is 0 Å². The van der Waals surface area contributed by atoms with Crippen molar-refractivity contribution >= 4 is 5.97 Å². The number of carbonyl (C=O) groups is 1. The van der Waals surface area contributed by atoms with Crippen LogP contribution in [-0.4, -0.2) is 30.3 Å². The molecule has 0 aliphatic carbocycles. The van der Waals surface area contributed by atoms with Gasteiger partial charge in [0.05, 0.1) is 13.2 Å². The fourth-order valence-corrected chi connectivity index (χ4v) is 2.19. The topological polar surface area (TPSA) is 67.8 Å². The summed E-state index contributed by atoms with van der Waals surface area (Å²) in [6.07, 6.45) is 0.602. The largest absolute Gasteiger partial charge is 0.490 e. The van der Waals surface area contributed by atoms with Crippen molar-refractivity contribution in [2.24, 2.45) is 5.92 Å². The molecular weight excluding hydrogens is 282 g/mol. The Hall–Kier alpha value is -1.75. The maximum atomic E-state index is 11.3. The second-order valence-electron chi connectivity index (χ2n) is 5.55. The minimum absolute atomic E-state index is 0.327. The van der Waals surface area contributed by atoms with E-state index in [0.29, 0.717) is 43.6 Å². The molecule has 0 saturated carbocycles. The predicted molar refractivity (Wildman–Crippen MR) is 86.5 cm³/mol. The van der Waals surface area contributed by atoms with Gasteiger partial charge in [0.25, 0.3) is 0 Å². The third-order valence-corrected chi connectivity index (χ3v) is 3.17. The third-order valence-electron chi connectivity index (χ3n) is 3.17. The van der Waals surface area contributed by atoms with Crippen molar-refractivity contribution in [1.82, 2.24) is 5.32 Å². The molecule has 5 nitrogen and oxygen atoms in total. The lowest BCUT2D eigenvalue weighted by atomic mass is 10.0. The zero-order chi connectivity index (χ0) is 16.5. The molecule has 0 bridgehead atoms. The lowest BCUT2D eigenvalue weighted by Gasteiger charge is -2.17. The van der Waals surface area contributed by atoms with E-state index < -0.39 is 12.0 Å². The van der Waals surface area contributed by atoms with E-state index in [4.69, 9.17) is 9.47 Å². The number of ether oxygens (including phenoxy) is 2. The second-order valence-corrected chi connectivity index (χ2v) is 5.55. The second kappa shape index (κ2) is 9.30. The van der Waals surface area contributed by atoms with Crippen LogP contribution in [0.25, 0.3) is 0 Å². The molecule has 0 spiro atoms. The molecule has 1 aromatic carbocycles. The van der Waals surface area contributed by atoms with Crippen molar-refractivity contribution in [2.75, 3.05) is 13.2 Å². The third kappa shape index (κ3) is 5.93. The first-order valence-electron chi connectivity index (χ1n) is 7.82. The minimum atomic E-state index is -0.815. The smallest absolute Gasteiger partial charge is 0.320 e. The molecule has 0 aromatic heterocycles. The Kier molecular flexibility index (Phi) is 7.74. The average molecular weight is 309 g/mol. The number of aliphatic carboxylic acids is 1. The Labute approximate surface area is 132 Å². The lowest BCUT2D eigenvalue weighted by molar-refractivity contribution is -0.140. The van der Waals surface area contributed by atoms with Crippen molar-refractivity contribution in [3.05, 3.63) is 23.8 Å². The number of carboxylic acid groups (broad SMARTS) is 1. The summed E-state index contributed by atoms with van der Waals surface area (Å²) in [5.74, 6) is 0.919. The normalized spacial score (nSPS) is 12.2. The van der Waals surface area contributed by atoms with E-state index in [2.05, 4.69) is 5.32 Å². The molecular formula is C17H27NO4. The van der Waals surface area contributed by atoms with Crippen LogP contribution < -0.4 is 14.8 Å². The molecule has 1 rings (SSSR count). The molecule has 0 aliphatic heterocycles. The number of hydrogen-bond acceptors (Lipinski definition) is 4. The van der Waals surface area contributed by atoms with Gasteiger partial charge in [0.1, 0.15) is 6.04 Å². The zero-order valence-electron chi connectivity index (χ0n) is 13.9. The number of benzene rings is 1. The Morgan fingerprint density at radius 3 is 2.36 bits per heavy atom. The fraction of sp³-hybridized carbons (Fsp3) is 0.588. The van der Waals surface area contributed by atoms with Crippen LogP contribution in [0.2, 0.25) is 0 Å². The highest BCUT2D eigenvalue weighted by molar-refractivity contribution is 5.73. The van der Waals surface area contributed by atoms with E-state index in [0.717, 1.165) is 5.56 Å². The van der Waals surface area contributed by atoms with Gasteiger partial charge in [-0.3, -0.25) is 4.79 Å². The highest BCUT2D eigenvalue weighted by Gasteiger charge is 2.18. The molecule has 0 fully saturated rings. The van der Waals surface area contributed by atoms with E-state index in [1.165, 1.54) is 0 Å². The van der Waals surface area contributed by atoms with Crippen LogP contribution in [0, 0.1) is 5.92 Å². The number of hydrogen-bond donors (Lipinski definition) is 2. The summed E-state index contributed by atoms with van der Waals surface area (Å²) in [5, 5.41) is 12.3. The van der Waals surface area contributed by atoms with Gasteiger partial charge in [0.15, 0.2) is 11.5 Å². The summed E-state index contributed by atoms with van der Waals surface area (Å²) in [6, 6.07) is 5.15. The van der Waals surface area contributed by atoms with Crippen molar-refractivity contribution in [3.8, 4) is 11.5 Å². The highest BCUT2D eigenvalue weighted by atomic mass is 16.5. The zero-order valence-corrected chi connectivity index (χ0v) is 13.9. The van der Waals surface area contributed by atoms with E-state index in [-0.39, 0.29) is 0 Å². The molecule has 1 aromatic rings. The van der Waals surface area contributed by atoms with Gasteiger partial charge < -0.3 is 19.9 Å². The van der Waals surface area contributed by atoms with Gasteiger partial charge in [0.2, 0.25) is 0 Å². The molecule has 5 heteroatoms. The van der Waals surface area contributed by atoms with Gasteiger partial charge in [-0.25, -0.2) is 0 Å². The minimum Gasteiger partial charge on any atom is -0.490 e. The Balaban J connectivity index is 2.75. The molecule has 1 atom stereocenters. The average Bonchev–Trinajstić information content (AvgIpc) is 2.45. The van der Waals surface area contributed by atoms with Crippen LogP contribution in [0.3, 0.4) is 0 Å². The standard InChI is InChI=1S/C17H27NO4/c1-5-21-15-8-7-13(10-16(15)22-6-2)11-18-14(17(19)20)9-12(3)4/h7-8,10,12,14,18H,5-6,9,11H2,1-4H3,(H,19,20)/t14-/m0/s1. The summed E-state index contributed by atoms with van der Waals surface area (Å²) < 4.78 is 11.1. The lowest BCUT2D eigenvalue weighted by Crippen LogP contribution is -2.37. The number of nitrogens with one attached hydrogen (secondary N) is 1. The summed E-state index contributed by atoms with van der Waals surface area (Å²) in [5.41, 5.74) is 0.974. The van der Waals surface area contributed by atoms with Gasteiger partial charge in [0, 0.05) is 6.54 Å². The predicted octanol–water partition coefficient (Wildman–Crippen LogP) is 3.07. The van der Waals surface area contributed by atoms with Gasteiger partial charge in [-0.15, -0.1) is 0 Å². The van der Waals surface area contributed by atoms with E-state index in [1.54, 1.807) is 0 Å². The van der Waals surface area contributed by atoms with Gasteiger partial charge in [-0.2, -0.15) is 0 Å². The maximum absolute atomic E-state index is 11.3. The van der Waals surface area contributed by atoms with Gasteiger partial charge >= 0.3 is 5.97 Å². The Bertz CT molecular complexity index is 474. The summed E-state index contributed by atoms with van der Waals surface area (Å²) in [7, 11) is 0. The summed E-state index contributed by atoms with van der Waals surface area (Å²) in [6.45, 7) is 9.49. The van der Waals surface area contributed by atoms with Gasteiger partial charge in [-0.05, 0) is 43.9 Å². The molecule has 0 heterocycles. The fourth-order valence-electron chi connectivity index (χ4n) is 2.19. The van der Waals surface area contributed by atoms with Crippen molar-refractivity contribution in [1.29, 1.82) is 0 Å². The molecule has 124 valence electrons. The monoisotopic (exact) mass is 309 g/mol. The van der Waals surface area contributed by atoms with E-state index in [1.807, 2.05) is 45.9 Å². The number of rotatable bonds is 10. The first kappa shape index (κ1) is 18.3. The Morgan fingerprint density at radius 1 is 1.18 bits per heavy atom. The van der Waals surface area contributed by atoms with Crippen LogP contribution >= 0.6 is 0 Å². The van der Waals surface area contributed by atoms with Crippen molar-refractivity contribution < 1.29 is 19.4 Å². The van der Waals surface area contributed by atoms with Crippen LogP contribution in [0.4, 0.5) is 0 Å². The molecule has 0 unspecified atom stereocenters. The molecule has 22 heavy (non-hydrogen) atoms. The first-order valence-corrected chi connectivity index (χ1v) is 7.82. The highest BCUT2D eigenvalue weighted by Crippen LogP contribution is 2.28. The van der Waals surface area contributed by atoms with Crippen molar-refractivity contribution in [2.45, 2.75) is 46.7 Å². The molecule has 0 amide bonds. The molecule has 0 aliphatic rings. The van der Waals surface area contributed by atoms with Crippen LogP contribution in [0.1, 0.15) is 39.7 Å². The molecule has 0 saturated heterocycles. The van der Waals surface area contributed by atoms with Gasteiger partial charge in [-0.1, -0.05) is 19.9 Å². The summed E-state index contributed by atoms with van der Waals surface area (Å²) in [4.78, 5) is 11.3.